The van der Waals surface area contributed by atoms with E-state index in [0.29, 0.717) is 36.8 Å². The molecule has 126 valence electrons. The number of nitrogens with one attached hydrogen (secondary N) is 1. The Morgan fingerprint density at radius 3 is 3.04 bits per heavy atom. The van der Waals surface area contributed by atoms with Gasteiger partial charge < -0.3 is 14.6 Å². The first-order chi connectivity index (χ1) is 11.5. The van der Waals surface area contributed by atoms with Crippen LogP contribution in [0.5, 0.6) is 5.88 Å². The number of nitrogens with zero attached hydrogens (tertiary/aromatic N) is 2. The number of carbonyl (C=O) groups excluding carboxylic acids is 1. The number of ketones is 1. The van der Waals surface area contributed by atoms with E-state index in [1.54, 1.807) is 37.5 Å². The van der Waals surface area contributed by atoms with Crippen molar-refractivity contribution in [1.29, 1.82) is 0 Å². The van der Waals surface area contributed by atoms with Gasteiger partial charge in [-0.15, -0.1) is 0 Å². The molecule has 2 heterocycles. The van der Waals surface area contributed by atoms with Crippen molar-refractivity contribution in [1.82, 2.24) is 9.55 Å². The zero-order valence-electron chi connectivity index (χ0n) is 13.3. The summed E-state index contributed by atoms with van der Waals surface area (Å²) in [5.74, 6) is 0.926. The van der Waals surface area contributed by atoms with Crippen LogP contribution < -0.4 is 15.6 Å². The summed E-state index contributed by atoms with van der Waals surface area (Å²) in [5.41, 5.74) is 0.252. The quantitative estimate of drug-likeness (QED) is 0.552. The Balaban J connectivity index is 2.02. The predicted molar refractivity (Wildman–Crippen MR) is 96.8 cm³/mol. The van der Waals surface area contributed by atoms with Crippen molar-refractivity contribution >= 4 is 33.2 Å². The normalized spacial score (nSPS) is 10.2. The average Bonchev–Trinajstić information content (AvgIpc) is 2.56. The number of anilines is 2. The molecule has 0 aliphatic heterocycles. The SMILES string of the molecule is C=CC(=O)CCCOc1cccc(Nc2cc(Br)cn(C)c2=O)n1. The van der Waals surface area contributed by atoms with Gasteiger partial charge in [0.1, 0.15) is 11.5 Å². The summed E-state index contributed by atoms with van der Waals surface area (Å²) in [7, 11) is 1.68. The molecule has 0 bridgehead atoms. The number of hydrogen-bond donors (Lipinski definition) is 1. The van der Waals surface area contributed by atoms with Gasteiger partial charge in [-0.1, -0.05) is 12.6 Å². The van der Waals surface area contributed by atoms with E-state index in [-0.39, 0.29) is 11.3 Å². The van der Waals surface area contributed by atoms with Crippen molar-refractivity contribution in [2.24, 2.45) is 7.05 Å². The number of aromatic nitrogens is 2. The third kappa shape index (κ3) is 5.06. The monoisotopic (exact) mass is 391 g/mol. The topological polar surface area (TPSA) is 73.2 Å². The molecule has 2 aromatic rings. The molecule has 0 radical (unpaired) electrons. The molecule has 0 aromatic carbocycles. The van der Waals surface area contributed by atoms with Crippen LogP contribution in [0.1, 0.15) is 12.8 Å². The minimum absolute atomic E-state index is 0.00697. The highest BCUT2D eigenvalue weighted by Crippen LogP contribution is 2.18. The Bertz CT molecular complexity index is 802. The molecule has 6 nitrogen and oxygen atoms in total. The maximum absolute atomic E-state index is 12.1. The lowest BCUT2D eigenvalue weighted by Crippen LogP contribution is -2.19. The number of aryl methyl sites for hydroxylation is 1. The zero-order valence-corrected chi connectivity index (χ0v) is 14.9. The average molecular weight is 392 g/mol. The Hall–Kier alpha value is -2.41. The van der Waals surface area contributed by atoms with Gasteiger partial charge in [-0.25, -0.2) is 0 Å². The summed E-state index contributed by atoms with van der Waals surface area (Å²) in [4.78, 5) is 27.5. The van der Waals surface area contributed by atoms with E-state index in [0.717, 1.165) is 4.47 Å². The standard InChI is InChI=1S/C17H18BrN3O3/c1-3-13(22)6-5-9-24-16-8-4-7-15(20-16)19-14-10-12(18)11-21(2)17(14)23/h3-4,7-8,10-11H,1,5-6,9H2,2H3,(H,19,20). The van der Waals surface area contributed by atoms with Crippen LogP contribution in [0.2, 0.25) is 0 Å². The number of carbonyl (C=O) groups is 1. The first-order valence-electron chi connectivity index (χ1n) is 7.38. The number of pyridine rings is 2. The lowest BCUT2D eigenvalue weighted by Gasteiger charge is -2.09. The van der Waals surface area contributed by atoms with Crippen molar-refractivity contribution < 1.29 is 9.53 Å². The first kappa shape index (κ1) is 17.9. The van der Waals surface area contributed by atoms with Gasteiger partial charge in [0.05, 0.1) is 6.61 Å². The van der Waals surface area contributed by atoms with Gasteiger partial charge in [-0.3, -0.25) is 9.59 Å². The van der Waals surface area contributed by atoms with Crippen LogP contribution in [0.25, 0.3) is 0 Å². The fraction of sp³-hybridized carbons (Fsp3) is 0.235. The van der Waals surface area contributed by atoms with E-state index in [1.807, 2.05) is 0 Å². The van der Waals surface area contributed by atoms with Crippen LogP contribution in [-0.4, -0.2) is 21.9 Å². The molecule has 24 heavy (non-hydrogen) atoms. The fourth-order valence-electron chi connectivity index (χ4n) is 1.99. The van der Waals surface area contributed by atoms with Crippen LogP contribution in [0.4, 0.5) is 11.5 Å². The summed E-state index contributed by atoms with van der Waals surface area (Å²) in [6, 6.07) is 6.94. The molecule has 0 unspecified atom stereocenters. The van der Waals surface area contributed by atoms with Crippen molar-refractivity contribution in [3.05, 3.63) is 57.9 Å². The summed E-state index contributed by atoms with van der Waals surface area (Å²) in [6.45, 7) is 3.81. The smallest absolute Gasteiger partial charge is 0.274 e. The van der Waals surface area contributed by atoms with Crippen molar-refractivity contribution in [3.8, 4) is 5.88 Å². The molecule has 0 fully saturated rings. The fourth-order valence-corrected chi connectivity index (χ4v) is 2.52. The lowest BCUT2D eigenvalue weighted by atomic mass is 10.2. The van der Waals surface area contributed by atoms with Gasteiger partial charge in [0.25, 0.3) is 5.56 Å². The first-order valence-corrected chi connectivity index (χ1v) is 8.17. The van der Waals surface area contributed by atoms with Crippen molar-refractivity contribution in [2.75, 3.05) is 11.9 Å². The number of ether oxygens (including phenoxy) is 1. The highest BCUT2D eigenvalue weighted by molar-refractivity contribution is 9.10. The summed E-state index contributed by atoms with van der Waals surface area (Å²) in [6.07, 6.45) is 3.98. The molecular formula is C17H18BrN3O3. The molecule has 0 aliphatic carbocycles. The summed E-state index contributed by atoms with van der Waals surface area (Å²) in [5, 5.41) is 2.99. The Morgan fingerprint density at radius 2 is 2.29 bits per heavy atom. The van der Waals surface area contributed by atoms with Crippen molar-refractivity contribution in [2.45, 2.75) is 12.8 Å². The van der Waals surface area contributed by atoms with E-state index in [2.05, 4.69) is 32.8 Å². The molecule has 0 saturated carbocycles. The van der Waals surface area contributed by atoms with Crippen LogP contribution in [0.3, 0.4) is 0 Å². The third-order valence-corrected chi connectivity index (χ3v) is 3.62. The predicted octanol–water partition coefficient (Wildman–Crippen LogP) is 3.20. The maximum Gasteiger partial charge on any atom is 0.274 e. The highest BCUT2D eigenvalue weighted by atomic mass is 79.9. The molecule has 2 rings (SSSR count). The van der Waals surface area contributed by atoms with Gasteiger partial charge in [0.15, 0.2) is 5.78 Å². The molecule has 0 atom stereocenters. The number of allylic oxidation sites excluding steroid dienone is 1. The van der Waals surface area contributed by atoms with Crippen LogP contribution >= 0.6 is 15.9 Å². The van der Waals surface area contributed by atoms with Crippen LogP contribution in [0.15, 0.2) is 52.4 Å². The lowest BCUT2D eigenvalue weighted by molar-refractivity contribution is -0.114. The molecule has 0 spiro atoms. The minimum Gasteiger partial charge on any atom is -0.478 e. The number of hydrogen-bond acceptors (Lipinski definition) is 5. The van der Waals surface area contributed by atoms with E-state index in [4.69, 9.17) is 4.74 Å². The molecule has 7 heteroatoms. The third-order valence-electron chi connectivity index (χ3n) is 3.18. The summed E-state index contributed by atoms with van der Waals surface area (Å²) < 4.78 is 7.79. The van der Waals surface area contributed by atoms with Crippen LogP contribution in [0, 0.1) is 0 Å². The number of halogens is 1. The minimum atomic E-state index is -0.158. The van der Waals surface area contributed by atoms with Crippen LogP contribution in [-0.2, 0) is 11.8 Å². The van der Waals surface area contributed by atoms with E-state index < -0.39 is 0 Å². The molecule has 1 N–H and O–H groups in total. The van der Waals surface area contributed by atoms with Crippen molar-refractivity contribution in [3.63, 3.8) is 0 Å². The zero-order chi connectivity index (χ0) is 17.5. The van der Waals surface area contributed by atoms with Gasteiger partial charge in [-0.2, -0.15) is 4.98 Å². The largest absolute Gasteiger partial charge is 0.478 e. The summed E-state index contributed by atoms with van der Waals surface area (Å²) >= 11 is 3.36. The molecule has 0 amide bonds. The maximum atomic E-state index is 12.1. The second-order valence-electron chi connectivity index (χ2n) is 5.10. The van der Waals surface area contributed by atoms with Gasteiger partial charge in [0.2, 0.25) is 5.88 Å². The molecular weight excluding hydrogens is 374 g/mol. The number of rotatable bonds is 8. The van der Waals surface area contributed by atoms with E-state index >= 15 is 0 Å². The molecule has 2 aromatic heterocycles. The van der Waals surface area contributed by atoms with Gasteiger partial charge in [-0.05, 0) is 40.6 Å². The molecule has 0 aliphatic rings. The Kier molecular flexibility index (Phi) is 6.31. The highest BCUT2D eigenvalue weighted by Gasteiger charge is 2.06. The second-order valence-corrected chi connectivity index (χ2v) is 6.01. The molecule has 0 saturated heterocycles. The Labute approximate surface area is 148 Å². The van der Waals surface area contributed by atoms with Gasteiger partial charge >= 0.3 is 0 Å². The van der Waals surface area contributed by atoms with E-state index in [9.17, 15) is 9.59 Å². The second kappa shape index (κ2) is 8.44. The Morgan fingerprint density at radius 1 is 1.50 bits per heavy atom. The van der Waals surface area contributed by atoms with E-state index in [1.165, 1.54) is 10.6 Å². The van der Waals surface area contributed by atoms with Gasteiger partial charge in [0, 0.05) is 30.2 Å².